The largest absolute Gasteiger partial charge is 0.394 e. The van der Waals surface area contributed by atoms with E-state index < -0.39 is 60.1 Å². The molecule has 0 spiro atoms. The Morgan fingerprint density at radius 2 is 1.65 bits per heavy atom. The summed E-state index contributed by atoms with van der Waals surface area (Å²) >= 11 is 0. The van der Waals surface area contributed by atoms with Crippen LogP contribution < -0.4 is 22.0 Å². The van der Waals surface area contributed by atoms with Crippen LogP contribution in [0.25, 0.3) is 5.69 Å². The zero-order chi connectivity index (χ0) is 25.0. The van der Waals surface area contributed by atoms with Gasteiger partial charge in [0.15, 0.2) is 5.66 Å². The Labute approximate surface area is 192 Å². The van der Waals surface area contributed by atoms with Crippen molar-refractivity contribution in [3.05, 3.63) is 50.8 Å². The van der Waals surface area contributed by atoms with Gasteiger partial charge >= 0.3 is 11.4 Å². The summed E-state index contributed by atoms with van der Waals surface area (Å²) in [5.41, 5.74) is -2.12. The second-order valence-corrected chi connectivity index (χ2v) is 7.84. The number of rotatable bonds is 8. The third-order valence-corrected chi connectivity index (χ3v) is 5.32. The molecular formula is C20H27N5O9. The Morgan fingerprint density at radius 3 is 2.15 bits per heavy atom. The number of hydrogen-bond donors (Lipinski definition) is 7. The van der Waals surface area contributed by atoms with Gasteiger partial charge in [-0.1, -0.05) is 12.1 Å². The maximum absolute atomic E-state index is 11.9. The molecule has 0 saturated carbocycles. The summed E-state index contributed by atoms with van der Waals surface area (Å²) in [5.74, 6) is -1.27. The molecule has 1 saturated heterocycles. The maximum Gasteiger partial charge on any atom is 0.348 e. The number of nitrogens with one attached hydrogen (secondary N) is 4. The van der Waals surface area contributed by atoms with Crippen LogP contribution in [0.1, 0.15) is 19.4 Å². The molecule has 2 amide bonds. The van der Waals surface area contributed by atoms with E-state index in [1.165, 1.54) is 0 Å². The number of amides is 2. The molecule has 0 aliphatic carbocycles. The highest BCUT2D eigenvalue weighted by Crippen LogP contribution is 2.29. The van der Waals surface area contributed by atoms with E-state index in [2.05, 4.69) is 20.8 Å². The zero-order valence-corrected chi connectivity index (χ0v) is 18.5. The molecule has 3 rings (SSSR count). The summed E-state index contributed by atoms with van der Waals surface area (Å²) in [5, 5.41) is 39.7. The van der Waals surface area contributed by atoms with Crippen molar-refractivity contribution in [2.24, 2.45) is 0 Å². The summed E-state index contributed by atoms with van der Waals surface area (Å²) in [6.45, 7) is 1.64. The lowest BCUT2D eigenvalue weighted by Crippen LogP contribution is -2.80. The first-order valence-electron chi connectivity index (χ1n) is 10.4. The van der Waals surface area contributed by atoms with Crippen LogP contribution in [0.15, 0.2) is 33.9 Å². The van der Waals surface area contributed by atoms with Crippen molar-refractivity contribution in [3.63, 3.8) is 0 Å². The topological polar surface area (TPSA) is 208 Å². The van der Waals surface area contributed by atoms with E-state index in [0.717, 1.165) is 24.0 Å². The van der Waals surface area contributed by atoms with Gasteiger partial charge < -0.3 is 35.4 Å². The van der Waals surface area contributed by atoms with Crippen molar-refractivity contribution in [2.75, 3.05) is 13.2 Å². The minimum absolute atomic E-state index is 0.0173. The van der Waals surface area contributed by atoms with Crippen LogP contribution >= 0.6 is 0 Å². The Bertz CT molecular complexity index is 1080. The number of H-pyrrole nitrogens is 2. The van der Waals surface area contributed by atoms with Crippen LogP contribution in [0.3, 0.4) is 0 Å². The molecule has 0 bridgehead atoms. The number of aromatic amines is 2. The molecule has 1 aromatic carbocycles. The number of aliphatic hydroxyl groups excluding tert-OH is 3. The lowest BCUT2D eigenvalue weighted by atomic mass is 9.90. The average molecular weight is 481 g/mol. The van der Waals surface area contributed by atoms with Gasteiger partial charge in [0.25, 0.3) is 0 Å². The van der Waals surface area contributed by atoms with Crippen LogP contribution in [-0.2, 0) is 25.5 Å². The summed E-state index contributed by atoms with van der Waals surface area (Å²) in [6.07, 6.45) is -5.76. The van der Waals surface area contributed by atoms with Gasteiger partial charge in [0.1, 0.15) is 18.3 Å². The van der Waals surface area contributed by atoms with Crippen LogP contribution in [-0.4, -0.2) is 85.4 Å². The van der Waals surface area contributed by atoms with E-state index in [1.54, 1.807) is 24.3 Å². The summed E-state index contributed by atoms with van der Waals surface area (Å²) in [6, 6.07) is 6.47. The third-order valence-electron chi connectivity index (χ3n) is 5.32. The molecule has 7 N–H and O–H groups in total. The quantitative estimate of drug-likeness (QED) is 0.189. The van der Waals surface area contributed by atoms with Gasteiger partial charge in [-0.05, 0) is 24.1 Å². The van der Waals surface area contributed by atoms with Crippen LogP contribution in [0.5, 0.6) is 0 Å². The summed E-state index contributed by atoms with van der Waals surface area (Å²) < 4.78 is 12.2. The molecule has 14 heteroatoms. The van der Waals surface area contributed by atoms with E-state index in [4.69, 9.17) is 9.47 Å². The minimum Gasteiger partial charge on any atom is -0.394 e. The molecule has 186 valence electrons. The second kappa shape index (κ2) is 10.3. The van der Waals surface area contributed by atoms with E-state index in [-0.39, 0.29) is 6.61 Å². The van der Waals surface area contributed by atoms with Gasteiger partial charge in [-0.2, -0.15) is 0 Å². The number of nitrogens with zero attached hydrogens (tertiary/aromatic N) is 1. The summed E-state index contributed by atoms with van der Waals surface area (Å²) in [4.78, 5) is 47.1. The number of carbonyl (C=O) groups is 2. The molecule has 1 aliphatic heterocycles. The van der Waals surface area contributed by atoms with E-state index >= 15 is 0 Å². The van der Waals surface area contributed by atoms with Crippen molar-refractivity contribution >= 4 is 11.8 Å². The normalized spacial score (nSPS) is 23.9. The molecule has 1 fully saturated rings. The molecule has 1 aromatic heterocycles. The first-order chi connectivity index (χ1) is 16.1. The first-order valence-corrected chi connectivity index (χ1v) is 10.4. The van der Waals surface area contributed by atoms with Crippen molar-refractivity contribution in [1.82, 2.24) is 25.4 Å². The van der Waals surface area contributed by atoms with Gasteiger partial charge in [-0.25, -0.2) is 24.4 Å². The van der Waals surface area contributed by atoms with Crippen molar-refractivity contribution < 1.29 is 34.4 Å². The fourth-order valence-corrected chi connectivity index (χ4v) is 3.80. The molecule has 4 atom stereocenters. The number of hydrogen-bond acceptors (Lipinski definition) is 9. The fraction of sp³-hybridized carbons (Fsp3) is 0.500. The molecule has 1 aliphatic rings. The lowest BCUT2D eigenvalue weighted by Gasteiger charge is -2.50. The number of ether oxygens (including phenoxy) is 2. The fourth-order valence-electron chi connectivity index (χ4n) is 3.80. The van der Waals surface area contributed by atoms with Crippen LogP contribution in [0.2, 0.25) is 0 Å². The molecule has 14 nitrogen and oxygen atoms in total. The smallest absolute Gasteiger partial charge is 0.348 e. The molecular weight excluding hydrogens is 454 g/mol. The Hall–Kier alpha value is -3.30. The maximum atomic E-state index is 11.9. The lowest BCUT2D eigenvalue weighted by molar-refractivity contribution is -0.303. The van der Waals surface area contributed by atoms with Gasteiger partial charge in [0.05, 0.1) is 18.9 Å². The van der Waals surface area contributed by atoms with E-state index in [1.807, 2.05) is 0 Å². The Morgan fingerprint density at radius 1 is 1.09 bits per heavy atom. The number of aromatic nitrogens is 3. The number of aliphatic hydroxyl groups is 3. The van der Waals surface area contributed by atoms with Gasteiger partial charge in [0.2, 0.25) is 18.1 Å². The number of carbonyl (C=O) groups excluding carboxylic acids is 2. The first kappa shape index (κ1) is 25.3. The molecule has 2 heterocycles. The van der Waals surface area contributed by atoms with Crippen molar-refractivity contribution in [1.29, 1.82) is 0 Å². The predicted octanol–water partition coefficient (Wildman–Crippen LogP) is -3.18. The predicted molar refractivity (Wildman–Crippen MR) is 115 cm³/mol. The van der Waals surface area contributed by atoms with Crippen LogP contribution in [0, 0.1) is 0 Å². The zero-order valence-electron chi connectivity index (χ0n) is 18.5. The summed E-state index contributed by atoms with van der Waals surface area (Å²) in [7, 11) is 0. The minimum atomic E-state index is -2.01. The van der Waals surface area contributed by atoms with E-state index in [0.29, 0.717) is 12.1 Å². The van der Waals surface area contributed by atoms with Crippen molar-refractivity contribution in [2.45, 2.75) is 50.5 Å². The highest BCUT2D eigenvalue weighted by Gasteiger charge is 2.57. The van der Waals surface area contributed by atoms with Crippen molar-refractivity contribution in [3.8, 4) is 5.69 Å². The second-order valence-electron chi connectivity index (χ2n) is 7.84. The monoisotopic (exact) mass is 481 g/mol. The van der Waals surface area contributed by atoms with Crippen LogP contribution in [0.4, 0.5) is 0 Å². The average Bonchev–Trinajstić information content (AvgIpc) is 3.11. The number of benzene rings is 1. The SMILES string of the molecule is CC(=O)NC1(NC(C)=O)[C@H](OCCc2ccc(-n3c(=O)[nH][nH]c3=O)cc2)O[C@H](CO)[C@H](O)[C@@H]1O. The van der Waals surface area contributed by atoms with Gasteiger partial charge in [-0.15, -0.1) is 0 Å². The van der Waals surface area contributed by atoms with Gasteiger partial charge in [0, 0.05) is 13.8 Å². The Balaban J connectivity index is 1.77. The third kappa shape index (κ3) is 5.10. The molecule has 2 aromatic rings. The highest BCUT2D eigenvalue weighted by atomic mass is 16.7. The molecule has 34 heavy (non-hydrogen) atoms. The van der Waals surface area contributed by atoms with E-state index in [9.17, 15) is 34.5 Å². The highest BCUT2D eigenvalue weighted by molar-refractivity contribution is 5.78. The Kier molecular flexibility index (Phi) is 7.68. The molecule has 0 unspecified atom stereocenters. The van der Waals surface area contributed by atoms with Gasteiger partial charge in [-0.3, -0.25) is 9.59 Å². The molecule has 0 radical (unpaired) electrons. The standard InChI is InChI=1S/C20H27N5O9/c1-10(27)21-20(22-11(2)28)16(30)15(29)14(9-26)34-17(20)33-8-7-12-3-5-13(6-4-12)25-18(31)23-24-19(25)32/h3-6,14-17,26,29-30H,7-9H2,1-2H3,(H,21,27)(H,22,28)(H,23,31)(H,24,32)/t14-,15+,16+,17-/m1/s1.